The minimum absolute atomic E-state index is 0.523. The molecule has 0 aliphatic carbocycles. The number of carbonyl (C=O) groups is 1. The number of hydrogen-bond donors (Lipinski definition) is 1. The van der Waals surface area contributed by atoms with Gasteiger partial charge in [0.25, 0.3) is 0 Å². The van der Waals surface area contributed by atoms with Crippen LogP contribution in [0.2, 0.25) is 0 Å². The topological polar surface area (TPSA) is 50.2 Å². The Morgan fingerprint density at radius 3 is 2.75 bits per heavy atom. The molecule has 0 fully saturated rings. The van der Waals surface area contributed by atoms with Gasteiger partial charge in [0, 0.05) is 5.69 Å². The Bertz CT molecular complexity index is 296. The second kappa shape index (κ2) is 3.34. The van der Waals surface area contributed by atoms with Crippen molar-refractivity contribution in [3.63, 3.8) is 0 Å². The van der Waals surface area contributed by atoms with Gasteiger partial charge in [0.15, 0.2) is 0 Å². The Balaban J connectivity index is 2.95. The van der Waals surface area contributed by atoms with Gasteiger partial charge in [-0.15, -0.1) is 0 Å². The maximum atomic E-state index is 10.6. The normalized spacial score (nSPS) is 12.5. The molecule has 0 bridgehead atoms. The molecule has 0 aromatic carbocycles. The van der Waals surface area contributed by atoms with Gasteiger partial charge < -0.3 is 5.11 Å². The molecule has 1 atom stereocenters. The molecule has 0 aliphatic rings. The van der Waals surface area contributed by atoms with Crippen LogP contribution in [0, 0.1) is 6.92 Å². The van der Waals surface area contributed by atoms with Gasteiger partial charge in [-0.05, 0) is 26.0 Å². The van der Waals surface area contributed by atoms with Crippen molar-refractivity contribution in [2.75, 3.05) is 0 Å². The van der Waals surface area contributed by atoms with Crippen molar-refractivity contribution in [1.82, 2.24) is 4.98 Å². The van der Waals surface area contributed by atoms with E-state index in [4.69, 9.17) is 5.11 Å². The third-order valence-corrected chi connectivity index (χ3v) is 1.72. The number of aromatic nitrogens is 1. The first-order valence-electron chi connectivity index (χ1n) is 3.77. The Kier molecular flexibility index (Phi) is 2.43. The predicted molar refractivity (Wildman–Crippen MR) is 45.0 cm³/mol. The van der Waals surface area contributed by atoms with E-state index in [1.54, 1.807) is 13.0 Å². The Hall–Kier alpha value is -1.38. The second-order valence-electron chi connectivity index (χ2n) is 2.76. The minimum Gasteiger partial charge on any atom is -0.481 e. The molecule has 12 heavy (non-hydrogen) atoms. The zero-order chi connectivity index (χ0) is 9.14. The lowest BCUT2D eigenvalue weighted by atomic mass is 10.1. The van der Waals surface area contributed by atoms with Gasteiger partial charge in [0.2, 0.25) is 0 Å². The highest BCUT2D eigenvalue weighted by Gasteiger charge is 2.14. The molecule has 64 valence electrons. The number of rotatable bonds is 2. The first-order chi connectivity index (χ1) is 5.61. The third-order valence-electron chi connectivity index (χ3n) is 1.72. The molecule has 1 rings (SSSR count). The van der Waals surface area contributed by atoms with Gasteiger partial charge in [0.05, 0.1) is 11.6 Å². The van der Waals surface area contributed by atoms with Crippen molar-refractivity contribution in [2.45, 2.75) is 19.8 Å². The van der Waals surface area contributed by atoms with E-state index in [-0.39, 0.29) is 0 Å². The van der Waals surface area contributed by atoms with Crippen LogP contribution in [0.15, 0.2) is 18.2 Å². The summed E-state index contributed by atoms with van der Waals surface area (Å²) < 4.78 is 0. The molecule has 1 heterocycles. The second-order valence-corrected chi connectivity index (χ2v) is 2.76. The summed E-state index contributed by atoms with van der Waals surface area (Å²) in [6.07, 6.45) is 0. The van der Waals surface area contributed by atoms with Crippen LogP contribution in [0.1, 0.15) is 24.2 Å². The molecule has 0 radical (unpaired) electrons. The summed E-state index contributed by atoms with van der Waals surface area (Å²) in [5.74, 6) is -1.36. The summed E-state index contributed by atoms with van der Waals surface area (Å²) >= 11 is 0. The molecule has 1 aromatic rings. The molecule has 0 amide bonds. The van der Waals surface area contributed by atoms with Crippen molar-refractivity contribution in [1.29, 1.82) is 0 Å². The first kappa shape index (κ1) is 8.71. The van der Waals surface area contributed by atoms with Crippen LogP contribution in [0.5, 0.6) is 0 Å². The van der Waals surface area contributed by atoms with Crippen LogP contribution < -0.4 is 0 Å². The van der Waals surface area contributed by atoms with E-state index in [1.807, 2.05) is 19.1 Å². The zero-order valence-electron chi connectivity index (χ0n) is 7.11. The van der Waals surface area contributed by atoms with Crippen LogP contribution >= 0.6 is 0 Å². The molecule has 3 nitrogen and oxygen atoms in total. The molecule has 0 saturated carbocycles. The molecule has 0 saturated heterocycles. The van der Waals surface area contributed by atoms with Gasteiger partial charge >= 0.3 is 5.97 Å². The maximum absolute atomic E-state index is 10.6. The summed E-state index contributed by atoms with van der Waals surface area (Å²) in [5, 5.41) is 8.69. The molecule has 1 N–H and O–H groups in total. The van der Waals surface area contributed by atoms with Gasteiger partial charge in [-0.1, -0.05) is 6.07 Å². The van der Waals surface area contributed by atoms with E-state index in [0.717, 1.165) is 5.69 Å². The highest BCUT2D eigenvalue weighted by Crippen LogP contribution is 2.12. The maximum Gasteiger partial charge on any atom is 0.312 e. The number of carboxylic acid groups (broad SMARTS) is 1. The van der Waals surface area contributed by atoms with Crippen molar-refractivity contribution in [3.8, 4) is 0 Å². The highest BCUT2D eigenvalue weighted by atomic mass is 16.4. The van der Waals surface area contributed by atoms with E-state index < -0.39 is 11.9 Å². The summed E-state index contributed by atoms with van der Waals surface area (Å²) in [7, 11) is 0. The van der Waals surface area contributed by atoms with Gasteiger partial charge in [-0.2, -0.15) is 0 Å². The van der Waals surface area contributed by atoms with Gasteiger partial charge in [0.1, 0.15) is 0 Å². The van der Waals surface area contributed by atoms with Crippen LogP contribution in [0.4, 0.5) is 0 Å². The number of pyridine rings is 1. The van der Waals surface area contributed by atoms with Crippen LogP contribution in [0.3, 0.4) is 0 Å². The Labute approximate surface area is 71.1 Å². The summed E-state index contributed by atoms with van der Waals surface area (Å²) in [4.78, 5) is 14.7. The average molecular weight is 165 g/mol. The van der Waals surface area contributed by atoms with Crippen LogP contribution in [0.25, 0.3) is 0 Å². The average Bonchev–Trinajstić information content (AvgIpc) is 2.03. The zero-order valence-corrected chi connectivity index (χ0v) is 7.11. The monoisotopic (exact) mass is 165 g/mol. The van der Waals surface area contributed by atoms with E-state index in [9.17, 15) is 4.79 Å². The van der Waals surface area contributed by atoms with E-state index >= 15 is 0 Å². The fourth-order valence-corrected chi connectivity index (χ4v) is 0.932. The number of hydrogen-bond acceptors (Lipinski definition) is 2. The lowest BCUT2D eigenvalue weighted by Crippen LogP contribution is -2.09. The largest absolute Gasteiger partial charge is 0.481 e. The molecule has 1 aromatic heterocycles. The SMILES string of the molecule is Cc1cccc(C(C)C(=O)O)n1. The Morgan fingerprint density at radius 2 is 2.25 bits per heavy atom. The van der Waals surface area contributed by atoms with E-state index in [1.165, 1.54) is 0 Å². The fraction of sp³-hybridized carbons (Fsp3) is 0.333. The molecular formula is C9H11NO2. The standard InChI is InChI=1S/C9H11NO2/c1-6-4-3-5-8(10-6)7(2)9(11)12/h3-5,7H,1-2H3,(H,11,12). The predicted octanol–water partition coefficient (Wildman–Crippen LogP) is 1.58. The first-order valence-corrected chi connectivity index (χ1v) is 3.77. The summed E-state index contributed by atoms with van der Waals surface area (Å²) in [5.41, 5.74) is 1.46. The number of carboxylic acids is 1. The third kappa shape index (κ3) is 1.81. The molecular weight excluding hydrogens is 154 g/mol. The Morgan fingerprint density at radius 1 is 1.58 bits per heavy atom. The van der Waals surface area contributed by atoms with Crippen molar-refractivity contribution in [3.05, 3.63) is 29.6 Å². The quantitative estimate of drug-likeness (QED) is 0.723. The number of aryl methyl sites for hydroxylation is 1. The molecule has 0 spiro atoms. The van der Waals surface area contributed by atoms with Crippen LogP contribution in [-0.2, 0) is 4.79 Å². The summed E-state index contributed by atoms with van der Waals surface area (Å²) in [6, 6.07) is 5.39. The van der Waals surface area contributed by atoms with E-state index in [2.05, 4.69) is 4.98 Å². The summed E-state index contributed by atoms with van der Waals surface area (Å²) in [6.45, 7) is 3.47. The van der Waals surface area contributed by atoms with Crippen molar-refractivity contribution < 1.29 is 9.90 Å². The van der Waals surface area contributed by atoms with Gasteiger partial charge in [-0.25, -0.2) is 0 Å². The van der Waals surface area contributed by atoms with Crippen molar-refractivity contribution >= 4 is 5.97 Å². The highest BCUT2D eigenvalue weighted by molar-refractivity contribution is 5.74. The minimum atomic E-state index is -0.840. The van der Waals surface area contributed by atoms with E-state index in [0.29, 0.717) is 5.69 Å². The van der Waals surface area contributed by atoms with Crippen molar-refractivity contribution in [2.24, 2.45) is 0 Å². The smallest absolute Gasteiger partial charge is 0.312 e. The molecule has 1 unspecified atom stereocenters. The lowest BCUT2D eigenvalue weighted by molar-refractivity contribution is -0.138. The fourth-order valence-electron chi connectivity index (χ4n) is 0.932. The number of aliphatic carboxylic acids is 1. The van der Waals surface area contributed by atoms with Gasteiger partial charge in [-0.3, -0.25) is 9.78 Å². The molecule has 3 heteroatoms. The number of nitrogens with zero attached hydrogens (tertiary/aromatic N) is 1. The lowest BCUT2D eigenvalue weighted by Gasteiger charge is -2.05. The van der Waals surface area contributed by atoms with Crippen LogP contribution in [-0.4, -0.2) is 16.1 Å². The molecule has 0 aliphatic heterocycles.